The number of hydrogen-bond donors (Lipinski definition) is 0. The Labute approximate surface area is 124 Å². The van der Waals surface area contributed by atoms with E-state index in [9.17, 15) is 10.1 Å². The Kier molecular flexibility index (Phi) is 3.92. The summed E-state index contributed by atoms with van der Waals surface area (Å²) in [5.74, 6) is 0. The van der Waals surface area contributed by atoms with Crippen molar-refractivity contribution in [3.05, 3.63) is 40.6 Å². The fraction of sp³-hybridized carbons (Fsp3) is 0.500. The van der Waals surface area contributed by atoms with Crippen molar-refractivity contribution < 1.29 is 4.92 Å². The van der Waals surface area contributed by atoms with Gasteiger partial charge in [-0.05, 0) is 45.0 Å². The van der Waals surface area contributed by atoms with E-state index in [-0.39, 0.29) is 10.6 Å². The van der Waals surface area contributed by atoms with Gasteiger partial charge in [0.25, 0.3) is 5.69 Å². The molecule has 1 aliphatic rings. The van der Waals surface area contributed by atoms with Gasteiger partial charge in [-0.3, -0.25) is 10.1 Å². The highest BCUT2D eigenvalue weighted by Crippen LogP contribution is 2.24. The molecule has 2 heterocycles. The van der Waals surface area contributed by atoms with Crippen LogP contribution < -0.4 is 0 Å². The molecule has 0 N–H and O–H groups in total. The molecule has 1 atom stereocenters. The Morgan fingerprint density at radius 3 is 2.95 bits per heavy atom. The van der Waals surface area contributed by atoms with Crippen LogP contribution in [0.5, 0.6) is 0 Å². The van der Waals surface area contributed by atoms with Crippen molar-refractivity contribution in [2.24, 2.45) is 0 Å². The van der Waals surface area contributed by atoms with E-state index in [0.29, 0.717) is 6.04 Å². The van der Waals surface area contributed by atoms with E-state index in [1.807, 2.05) is 18.3 Å². The summed E-state index contributed by atoms with van der Waals surface area (Å²) >= 11 is 0. The van der Waals surface area contributed by atoms with Crippen LogP contribution in [0.1, 0.15) is 25.7 Å². The topological polar surface area (TPSA) is 51.3 Å². The van der Waals surface area contributed by atoms with Gasteiger partial charge in [0.15, 0.2) is 0 Å². The van der Waals surface area contributed by atoms with E-state index in [2.05, 4.69) is 16.5 Å². The lowest BCUT2D eigenvalue weighted by atomic mass is 10.0. The van der Waals surface area contributed by atoms with Crippen LogP contribution in [-0.4, -0.2) is 34.0 Å². The fourth-order valence-electron chi connectivity index (χ4n) is 3.29. The molecule has 1 aromatic heterocycles. The molecule has 112 valence electrons. The molecule has 0 saturated carbocycles. The second kappa shape index (κ2) is 5.85. The number of piperidine rings is 1. The summed E-state index contributed by atoms with van der Waals surface area (Å²) in [6.45, 7) is 2.17. The van der Waals surface area contributed by atoms with Gasteiger partial charge in [0.2, 0.25) is 0 Å². The Balaban J connectivity index is 1.74. The standard InChI is InChI=1S/C16H21N3O2/c1-17-9-3-2-4-14(17)8-11-18-10-7-13-12-15(19(20)21)5-6-16(13)18/h5-7,10,12,14H,2-4,8-9,11H2,1H3. The van der Waals surface area contributed by atoms with E-state index in [0.717, 1.165) is 23.9 Å². The predicted octanol–water partition coefficient (Wildman–Crippen LogP) is 3.42. The predicted molar refractivity (Wildman–Crippen MR) is 83.5 cm³/mol. The maximum Gasteiger partial charge on any atom is 0.270 e. The van der Waals surface area contributed by atoms with Crippen LogP contribution in [-0.2, 0) is 6.54 Å². The molecule has 2 aromatic rings. The summed E-state index contributed by atoms with van der Waals surface area (Å²) in [6.07, 6.45) is 7.09. The SMILES string of the molecule is CN1CCCCC1CCn1ccc2cc([N+](=O)[O-])ccc21. The molecule has 0 bridgehead atoms. The maximum absolute atomic E-state index is 10.8. The molecule has 1 unspecified atom stereocenters. The summed E-state index contributed by atoms with van der Waals surface area (Å²) < 4.78 is 2.21. The second-order valence-corrected chi connectivity index (χ2v) is 5.93. The van der Waals surface area contributed by atoms with E-state index in [1.165, 1.54) is 25.8 Å². The molecule has 1 saturated heterocycles. The average molecular weight is 287 g/mol. The number of nitrogens with zero attached hydrogens (tertiary/aromatic N) is 3. The summed E-state index contributed by atoms with van der Waals surface area (Å²) in [5.41, 5.74) is 1.24. The van der Waals surface area contributed by atoms with Gasteiger partial charge in [-0.15, -0.1) is 0 Å². The number of fused-ring (bicyclic) bond motifs is 1. The molecule has 1 fully saturated rings. The molecular weight excluding hydrogens is 266 g/mol. The third-order valence-electron chi connectivity index (χ3n) is 4.59. The first-order valence-electron chi connectivity index (χ1n) is 7.58. The third kappa shape index (κ3) is 2.93. The first-order valence-corrected chi connectivity index (χ1v) is 7.58. The van der Waals surface area contributed by atoms with Gasteiger partial charge in [-0.1, -0.05) is 6.42 Å². The third-order valence-corrected chi connectivity index (χ3v) is 4.59. The zero-order chi connectivity index (χ0) is 14.8. The van der Waals surface area contributed by atoms with Crippen molar-refractivity contribution in [3.8, 4) is 0 Å². The van der Waals surface area contributed by atoms with Crippen LogP contribution in [0.3, 0.4) is 0 Å². The lowest BCUT2D eigenvalue weighted by Crippen LogP contribution is -2.36. The maximum atomic E-state index is 10.8. The quantitative estimate of drug-likeness (QED) is 0.639. The van der Waals surface area contributed by atoms with E-state index >= 15 is 0 Å². The number of benzene rings is 1. The molecule has 5 nitrogen and oxygen atoms in total. The molecule has 0 spiro atoms. The van der Waals surface area contributed by atoms with Crippen LogP contribution in [0.15, 0.2) is 30.5 Å². The van der Waals surface area contributed by atoms with Gasteiger partial charge in [-0.25, -0.2) is 0 Å². The number of nitro groups is 1. The molecule has 21 heavy (non-hydrogen) atoms. The molecule has 3 rings (SSSR count). The van der Waals surface area contributed by atoms with Crippen LogP contribution in [0.2, 0.25) is 0 Å². The largest absolute Gasteiger partial charge is 0.347 e. The minimum Gasteiger partial charge on any atom is -0.347 e. The minimum absolute atomic E-state index is 0.160. The van der Waals surface area contributed by atoms with Crippen molar-refractivity contribution in [1.29, 1.82) is 0 Å². The van der Waals surface area contributed by atoms with E-state index in [1.54, 1.807) is 12.1 Å². The number of rotatable bonds is 4. The lowest BCUT2D eigenvalue weighted by Gasteiger charge is -2.32. The van der Waals surface area contributed by atoms with Gasteiger partial charge in [0.1, 0.15) is 0 Å². The van der Waals surface area contributed by atoms with Crippen LogP contribution >= 0.6 is 0 Å². The Morgan fingerprint density at radius 2 is 2.19 bits per heavy atom. The Bertz CT molecular complexity index is 650. The van der Waals surface area contributed by atoms with Gasteiger partial charge in [0, 0.05) is 41.8 Å². The molecule has 1 aliphatic heterocycles. The van der Waals surface area contributed by atoms with Crippen molar-refractivity contribution >= 4 is 16.6 Å². The Hall–Kier alpha value is -1.88. The van der Waals surface area contributed by atoms with Gasteiger partial charge in [0.05, 0.1) is 4.92 Å². The fourth-order valence-corrected chi connectivity index (χ4v) is 3.29. The number of aromatic nitrogens is 1. The van der Waals surface area contributed by atoms with Gasteiger partial charge in [-0.2, -0.15) is 0 Å². The number of hydrogen-bond acceptors (Lipinski definition) is 3. The first kappa shape index (κ1) is 14.1. The molecule has 5 heteroatoms. The average Bonchev–Trinajstić information content (AvgIpc) is 2.88. The van der Waals surface area contributed by atoms with Crippen molar-refractivity contribution in [2.75, 3.05) is 13.6 Å². The highest BCUT2D eigenvalue weighted by molar-refractivity contribution is 5.82. The number of likely N-dealkylation sites (tertiary alicyclic amines) is 1. The molecular formula is C16H21N3O2. The zero-order valence-corrected chi connectivity index (χ0v) is 12.4. The molecule has 1 aromatic carbocycles. The van der Waals surface area contributed by atoms with Crippen LogP contribution in [0.4, 0.5) is 5.69 Å². The van der Waals surface area contributed by atoms with Gasteiger partial charge >= 0.3 is 0 Å². The normalized spacial score (nSPS) is 20.0. The van der Waals surface area contributed by atoms with Crippen LogP contribution in [0, 0.1) is 10.1 Å². The Morgan fingerprint density at radius 1 is 1.33 bits per heavy atom. The summed E-state index contributed by atoms with van der Waals surface area (Å²) in [4.78, 5) is 12.9. The molecule has 0 radical (unpaired) electrons. The summed E-state index contributed by atoms with van der Waals surface area (Å²) in [5, 5.41) is 11.8. The second-order valence-electron chi connectivity index (χ2n) is 5.93. The van der Waals surface area contributed by atoms with E-state index < -0.39 is 0 Å². The van der Waals surface area contributed by atoms with Crippen molar-refractivity contribution in [3.63, 3.8) is 0 Å². The summed E-state index contributed by atoms with van der Waals surface area (Å²) in [7, 11) is 2.21. The minimum atomic E-state index is -0.340. The summed E-state index contributed by atoms with van der Waals surface area (Å²) in [6, 6.07) is 7.73. The number of non-ortho nitro benzene ring substituents is 1. The molecule has 0 aliphatic carbocycles. The van der Waals surface area contributed by atoms with Gasteiger partial charge < -0.3 is 9.47 Å². The molecule has 0 amide bonds. The number of nitro benzene ring substituents is 1. The monoisotopic (exact) mass is 287 g/mol. The number of aryl methyl sites for hydroxylation is 1. The lowest BCUT2D eigenvalue weighted by molar-refractivity contribution is -0.384. The zero-order valence-electron chi connectivity index (χ0n) is 12.4. The highest BCUT2D eigenvalue weighted by atomic mass is 16.6. The highest BCUT2D eigenvalue weighted by Gasteiger charge is 2.18. The van der Waals surface area contributed by atoms with Crippen LogP contribution in [0.25, 0.3) is 10.9 Å². The first-order chi connectivity index (χ1) is 10.1. The van der Waals surface area contributed by atoms with Crippen molar-refractivity contribution in [2.45, 2.75) is 38.3 Å². The smallest absolute Gasteiger partial charge is 0.270 e. The van der Waals surface area contributed by atoms with E-state index in [4.69, 9.17) is 0 Å². The van der Waals surface area contributed by atoms with Crippen molar-refractivity contribution in [1.82, 2.24) is 9.47 Å².